The number of hydrogen-bond donors (Lipinski definition) is 0. The Balaban J connectivity index is 4.42. The molecule has 7 heteroatoms. The van der Waals surface area contributed by atoms with Crippen LogP contribution in [0.1, 0.15) is 20.8 Å². The van der Waals surface area contributed by atoms with Crippen LogP contribution in [0.15, 0.2) is 10.2 Å². The third kappa shape index (κ3) is 4.52. The van der Waals surface area contributed by atoms with Gasteiger partial charge in [-0.3, -0.25) is 0 Å². The molecule has 0 unspecified atom stereocenters. The van der Waals surface area contributed by atoms with Gasteiger partial charge in [-0.1, -0.05) is 31.0 Å². The number of nitrogens with zero attached hydrogens (tertiary/aromatic N) is 2. The topological polar surface area (TPSA) is 77.3 Å². The van der Waals surface area contributed by atoms with E-state index in [0.29, 0.717) is 0 Å². The summed E-state index contributed by atoms with van der Waals surface area (Å²) in [5.74, 6) is 0. The highest BCUT2D eigenvalue weighted by molar-refractivity contribution is 6.74. The second-order valence-electron chi connectivity index (χ2n) is 3.28. The van der Waals surface area contributed by atoms with Crippen LogP contribution in [0.25, 0.3) is 0 Å². The molecule has 0 aromatic carbocycles. The summed E-state index contributed by atoms with van der Waals surface area (Å²) in [5, 5.41) is 6.19. The van der Waals surface area contributed by atoms with Crippen LogP contribution in [-0.2, 0) is 9.16 Å². The SMILES string of the molecule is CC[Si](CC)(CC)OC(=O)N=NC(=O)OC. The van der Waals surface area contributed by atoms with Crippen molar-refractivity contribution >= 4 is 20.5 Å². The van der Waals surface area contributed by atoms with Gasteiger partial charge in [-0.05, 0) is 18.1 Å². The maximum Gasteiger partial charge on any atom is 0.452 e. The number of rotatable bonds is 4. The van der Waals surface area contributed by atoms with E-state index in [1.165, 1.54) is 0 Å². The quantitative estimate of drug-likeness (QED) is 0.563. The Bertz CT molecular complexity index is 268. The molecule has 16 heavy (non-hydrogen) atoms. The van der Waals surface area contributed by atoms with Crippen molar-refractivity contribution in [1.29, 1.82) is 0 Å². The molecule has 0 aromatic rings. The lowest BCUT2D eigenvalue weighted by molar-refractivity contribution is 0.177. The van der Waals surface area contributed by atoms with E-state index in [9.17, 15) is 9.59 Å². The Morgan fingerprint density at radius 3 is 1.81 bits per heavy atom. The highest BCUT2D eigenvalue weighted by Crippen LogP contribution is 2.22. The van der Waals surface area contributed by atoms with Crippen molar-refractivity contribution in [2.75, 3.05) is 7.11 Å². The highest BCUT2D eigenvalue weighted by atomic mass is 28.4. The Morgan fingerprint density at radius 1 is 1.00 bits per heavy atom. The zero-order chi connectivity index (χ0) is 12.6. The molecule has 0 N–H and O–H groups in total. The molecule has 0 spiro atoms. The van der Waals surface area contributed by atoms with Gasteiger partial charge in [0.1, 0.15) is 0 Å². The van der Waals surface area contributed by atoms with Gasteiger partial charge < -0.3 is 9.16 Å². The van der Waals surface area contributed by atoms with Crippen LogP contribution in [0.4, 0.5) is 9.59 Å². The average Bonchev–Trinajstić information content (AvgIpc) is 2.33. The minimum absolute atomic E-state index is 0.803. The minimum Gasteiger partial charge on any atom is -0.501 e. The van der Waals surface area contributed by atoms with Gasteiger partial charge in [0, 0.05) is 0 Å². The number of carbonyl (C=O) groups excluding carboxylic acids is 2. The largest absolute Gasteiger partial charge is 0.501 e. The first kappa shape index (κ1) is 14.8. The summed E-state index contributed by atoms with van der Waals surface area (Å²) in [7, 11) is -0.856. The summed E-state index contributed by atoms with van der Waals surface area (Å²) in [5.41, 5.74) is 0. The molecule has 6 nitrogen and oxygen atoms in total. The highest BCUT2D eigenvalue weighted by Gasteiger charge is 2.32. The van der Waals surface area contributed by atoms with Crippen LogP contribution < -0.4 is 0 Å². The Hall–Kier alpha value is -1.24. The molecule has 0 heterocycles. The molecule has 0 saturated heterocycles. The second kappa shape index (κ2) is 7.10. The van der Waals surface area contributed by atoms with Crippen molar-refractivity contribution in [3.05, 3.63) is 0 Å². The van der Waals surface area contributed by atoms with E-state index in [2.05, 4.69) is 15.0 Å². The maximum absolute atomic E-state index is 11.3. The van der Waals surface area contributed by atoms with Crippen molar-refractivity contribution in [1.82, 2.24) is 0 Å². The van der Waals surface area contributed by atoms with Gasteiger partial charge in [-0.15, -0.1) is 0 Å². The van der Waals surface area contributed by atoms with E-state index in [4.69, 9.17) is 4.43 Å². The summed E-state index contributed by atoms with van der Waals surface area (Å²) >= 11 is 0. The van der Waals surface area contributed by atoms with E-state index in [-0.39, 0.29) is 0 Å². The van der Waals surface area contributed by atoms with Gasteiger partial charge in [-0.2, -0.15) is 0 Å². The first-order valence-electron chi connectivity index (χ1n) is 5.26. The predicted octanol–water partition coefficient (Wildman–Crippen LogP) is 3.35. The van der Waals surface area contributed by atoms with E-state index in [1.54, 1.807) is 0 Å². The van der Waals surface area contributed by atoms with E-state index in [0.717, 1.165) is 25.2 Å². The fraction of sp³-hybridized carbons (Fsp3) is 0.778. The lowest BCUT2D eigenvalue weighted by Crippen LogP contribution is -2.37. The van der Waals surface area contributed by atoms with Crippen molar-refractivity contribution in [2.24, 2.45) is 10.2 Å². The maximum atomic E-state index is 11.3. The van der Waals surface area contributed by atoms with Crippen LogP contribution in [0, 0.1) is 0 Å². The van der Waals surface area contributed by atoms with Crippen LogP contribution in [0.3, 0.4) is 0 Å². The van der Waals surface area contributed by atoms with Crippen LogP contribution in [0.2, 0.25) is 18.1 Å². The molecule has 0 aromatic heterocycles. The fourth-order valence-electron chi connectivity index (χ4n) is 1.29. The molecular formula is C9H18N2O4Si. The zero-order valence-corrected chi connectivity index (χ0v) is 11.1. The number of carbonyl (C=O) groups is 2. The van der Waals surface area contributed by atoms with Crippen molar-refractivity contribution in [2.45, 2.75) is 38.9 Å². The molecular weight excluding hydrogens is 228 g/mol. The molecule has 0 bridgehead atoms. The number of azo groups is 1. The molecule has 0 atom stereocenters. The smallest absolute Gasteiger partial charge is 0.452 e. The first-order chi connectivity index (χ1) is 7.53. The van der Waals surface area contributed by atoms with Crippen molar-refractivity contribution in [3.63, 3.8) is 0 Å². The van der Waals surface area contributed by atoms with Crippen LogP contribution in [-0.4, -0.2) is 27.6 Å². The van der Waals surface area contributed by atoms with Gasteiger partial charge >= 0.3 is 12.2 Å². The summed E-state index contributed by atoms with van der Waals surface area (Å²) in [6.45, 7) is 5.97. The van der Waals surface area contributed by atoms with E-state index >= 15 is 0 Å². The Kier molecular flexibility index (Phi) is 6.55. The van der Waals surface area contributed by atoms with Gasteiger partial charge in [0.25, 0.3) is 8.32 Å². The minimum atomic E-state index is -2.02. The summed E-state index contributed by atoms with van der Waals surface area (Å²) in [4.78, 5) is 21.9. The number of ether oxygens (including phenoxy) is 1. The molecule has 0 fully saturated rings. The second-order valence-corrected chi connectivity index (χ2v) is 7.97. The van der Waals surface area contributed by atoms with Gasteiger partial charge in [0.2, 0.25) is 0 Å². The number of hydrogen-bond acceptors (Lipinski definition) is 4. The molecule has 0 aliphatic carbocycles. The van der Waals surface area contributed by atoms with E-state index < -0.39 is 20.5 Å². The van der Waals surface area contributed by atoms with Gasteiger partial charge in [0.15, 0.2) is 0 Å². The van der Waals surface area contributed by atoms with Crippen LogP contribution in [0.5, 0.6) is 0 Å². The number of methoxy groups -OCH3 is 1. The van der Waals surface area contributed by atoms with E-state index in [1.807, 2.05) is 20.8 Å². The third-order valence-corrected chi connectivity index (χ3v) is 7.10. The van der Waals surface area contributed by atoms with Gasteiger partial charge in [0.05, 0.1) is 7.11 Å². The van der Waals surface area contributed by atoms with Crippen molar-refractivity contribution < 1.29 is 18.8 Å². The normalized spacial score (nSPS) is 11.5. The van der Waals surface area contributed by atoms with Crippen molar-refractivity contribution in [3.8, 4) is 0 Å². The zero-order valence-electron chi connectivity index (χ0n) is 10.1. The molecule has 92 valence electrons. The molecule has 0 radical (unpaired) electrons. The average molecular weight is 246 g/mol. The predicted molar refractivity (Wildman–Crippen MR) is 60.9 cm³/mol. The molecule has 2 amide bonds. The Morgan fingerprint density at radius 2 is 1.44 bits per heavy atom. The van der Waals surface area contributed by atoms with Crippen LogP contribution >= 0.6 is 0 Å². The third-order valence-electron chi connectivity index (χ3n) is 2.62. The molecule has 0 aliphatic heterocycles. The molecule has 0 aliphatic rings. The first-order valence-corrected chi connectivity index (χ1v) is 7.79. The lowest BCUT2D eigenvalue weighted by atomic mass is 10.9. The molecule has 0 rings (SSSR count). The summed E-state index contributed by atoms with van der Waals surface area (Å²) in [6.07, 6.45) is -1.71. The number of amides is 2. The standard InChI is InChI=1S/C9H18N2O4Si/c1-5-16(6-2,7-3)15-9(13)11-10-8(12)14-4/h5-7H2,1-4H3. The summed E-state index contributed by atoms with van der Waals surface area (Å²) < 4.78 is 9.53. The summed E-state index contributed by atoms with van der Waals surface area (Å²) in [6, 6.07) is 2.50. The fourth-order valence-corrected chi connectivity index (χ4v) is 3.64. The lowest BCUT2D eigenvalue weighted by Gasteiger charge is -2.25. The van der Waals surface area contributed by atoms with Gasteiger partial charge in [-0.25, -0.2) is 9.59 Å². The Labute approximate surface area is 96.2 Å². The molecule has 0 saturated carbocycles. The monoisotopic (exact) mass is 246 g/mol.